The van der Waals surface area contributed by atoms with Crippen LogP contribution < -0.4 is 14.8 Å². The summed E-state index contributed by atoms with van der Waals surface area (Å²) in [5, 5.41) is 5.65. The fourth-order valence-electron chi connectivity index (χ4n) is 2.41. The molecule has 0 amide bonds. The molecule has 112 valence electrons. The van der Waals surface area contributed by atoms with E-state index >= 15 is 0 Å². The molecule has 1 atom stereocenters. The Morgan fingerprint density at radius 3 is 2.90 bits per heavy atom. The highest BCUT2D eigenvalue weighted by atomic mass is 32.1. The molecule has 1 aliphatic heterocycles. The summed E-state index contributed by atoms with van der Waals surface area (Å²) in [5.41, 5.74) is 4.10. The van der Waals surface area contributed by atoms with Gasteiger partial charge in [0.2, 0.25) is 0 Å². The zero-order valence-electron chi connectivity index (χ0n) is 12.2. The highest BCUT2D eigenvalue weighted by Gasteiger charge is 2.18. The molecule has 1 aliphatic rings. The lowest BCUT2D eigenvalue weighted by molar-refractivity contribution is 0.297. The van der Waals surface area contributed by atoms with Crippen molar-refractivity contribution in [3.8, 4) is 11.5 Å². The van der Waals surface area contributed by atoms with Crippen LogP contribution in [0.25, 0.3) is 0 Å². The first-order valence-corrected chi connectivity index (χ1v) is 8.34. The Morgan fingerprint density at radius 2 is 2.14 bits per heavy atom. The third kappa shape index (κ3) is 3.36. The maximum Gasteiger partial charge on any atom is 0.161 e. The highest BCUT2D eigenvalue weighted by Crippen LogP contribution is 2.34. The second-order valence-corrected chi connectivity index (χ2v) is 5.78. The molecule has 2 aromatic rings. The lowest BCUT2D eigenvalue weighted by atomic mass is 10.0. The fourth-order valence-corrected chi connectivity index (χ4v) is 2.99. The van der Waals surface area contributed by atoms with Crippen LogP contribution in [0.3, 0.4) is 0 Å². The van der Waals surface area contributed by atoms with Gasteiger partial charge >= 0.3 is 0 Å². The standard InChI is InChI=1S/C16H20N2O2S/c1-2-6-17-16(13-10-21-11-18-13)12-4-5-14-15(9-12)20-8-3-7-19-14/h4-5,9-11,16-17H,2-3,6-8H2,1H3. The lowest BCUT2D eigenvalue weighted by Crippen LogP contribution is -2.23. The summed E-state index contributed by atoms with van der Waals surface area (Å²) in [7, 11) is 0. The van der Waals surface area contributed by atoms with Crippen molar-refractivity contribution in [1.82, 2.24) is 10.3 Å². The number of hydrogen-bond acceptors (Lipinski definition) is 5. The topological polar surface area (TPSA) is 43.4 Å². The number of nitrogens with one attached hydrogen (secondary N) is 1. The minimum absolute atomic E-state index is 0.105. The SMILES string of the molecule is CCCNC(c1ccc2c(c1)OCCCO2)c1cscn1. The average molecular weight is 304 g/mol. The second kappa shape index (κ2) is 6.91. The van der Waals surface area contributed by atoms with Crippen LogP contribution in [0.1, 0.15) is 37.1 Å². The quantitative estimate of drug-likeness (QED) is 0.919. The summed E-state index contributed by atoms with van der Waals surface area (Å²) in [6.07, 6.45) is 2.01. The van der Waals surface area contributed by atoms with Crippen molar-refractivity contribution in [3.63, 3.8) is 0 Å². The molecule has 0 fully saturated rings. The van der Waals surface area contributed by atoms with E-state index in [9.17, 15) is 0 Å². The fraction of sp³-hybridized carbons (Fsp3) is 0.438. The Hall–Kier alpha value is -1.59. The monoisotopic (exact) mass is 304 g/mol. The van der Waals surface area contributed by atoms with Crippen molar-refractivity contribution in [1.29, 1.82) is 0 Å². The van der Waals surface area contributed by atoms with E-state index in [0.717, 1.165) is 43.2 Å². The Morgan fingerprint density at radius 1 is 1.29 bits per heavy atom. The molecule has 1 N–H and O–H groups in total. The molecule has 5 heteroatoms. The molecule has 21 heavy (non-hydrogen) atoms. The van der Waals surface area contributed by atoms with Crippen LogP contribution >= 0.6 is 11.3 Å². The number of thiazole rings is 1. The summed E-state index contributed by atoms with van der Waals surface area (Å²) in [5.74, 6) is 1.67. The van der Waals surface area contributed by atoms with Crippen LogP contribution in [0.5, 0.6) is 11.5 Å². The minimum atomic E-state index is 0.105. The second-order valence-electron chi connectivity index (χ2n) is 5.06. The lowest BCUT2D eigenvalue weighted by Gasteiger charge is -2.18. The minimum Gasteiger partial charge on any atom is -0.490 e. The molecule has 1 aromatic carbocycles. The van der Waals surface area contributed by atoms with Crippen LogP contribution in [-0.4, -0.2) is 24.7 Å². The maximum absolute atomic E-state index is 5.79. The van der Waals surface area contributed by atoms with Gasteiger partial charge < -0.3 is 14.8 Å². The first-order chi connectivity index (χ1) is 10.4. The first kappa shape index (κ1) is 14.4. The van der Waals surface area contributed by atoms with Gasteiger partial charge in [0.05, 0.1) is 30.5 Å². The predicted molar refractivity (Wildman–Crippen MR) is 84.3 cm³/mol. The maximum atomic E-state index is 5.79. The molecule has 2 heterocycles. The van der Waals surface area contributed by atoms with E-state index in [1.807, 2.05) is 11.6 Å². The Bertz CT molecular complexity index is 572. The predicted octanol–water partition coefficient (Wildman–Crippen LogP) is 3.39. The summed E-state index contributed by atoms with van der Waals surface area (Å²) in [4.78, 5) is 4.46. The normalized spacial score (nSPS) is 15.5. The molecule has 1 unspecified atom stereocenters. The van der Waals surface area contributed by atoms with E-state index < -0.39 is 0 Å². The summed E-state index contributed by atoms with van der Waals surface area (Å²) in [6.45, 7) is 4.55. The van der Waals surface area contributed by atoms with Crippen LogP contribution in [-0.2, 0) is 0 Å². The van der Waals surface area contributed by atoms with Crippen molar-refractivity contribution in [2.24, 2.45) is 0 Å². The molecular weight excluding hydrogens is 284 g/mol. The number of nitrogens with zero attached hydrogens (tertiary/aromatic N) is 1. The molecule has 0 saturated heterocycles. The molecule has 0 radical (unpaired) electrons. The number of benzene rings is 1. The van der Waals surface area contributed by atoms with Crippen LogP contribution in [0.4, 0.5) is 0 Å². The van der Waals surface area contributed by atoms with E-state index in [-0.39, 0.29) is 6.04 Å². The number of hydrogen-bond donors (Lipinski definition) is 1. The van der Waals surface area contributed by atoms with E-state index in [1.54, 1.807) is 11.3 Å². The van der Waals surface area contributed by atoms with E-state index in [1.165, 1.54) is 5.56 Å². The van der Waals surface area contributed by atoms with Gasteiger partial charge in [0.15, 0.2) is 11.5 Å². The molecular formula is C16H20N2O2S. The molecule has 0 saturated carbocycles. The number of fused-ring (bicyclic) bond motifs is 1. The summed E-state index contributed by atoms with van der Waals surface area (Å²) < 4.78 is 11.5. The third-order valence-corrected chi connectivity index (χ3v) is 4.06. The molecule has 0 aliphatic carbocycles. The van der Waals surface area contributed by atoms with Crippen molar-refractivity contribution in [3.05, 3.63) is 40.3 Å². The Balaban J connectivity index is 1.90. The van der Waals surface area contributed by atoms with Crippen molar-refractivity contribution >= 4 is 11.3 Å². The van der Waals surface area contributed by atoms with E-state index in [2.05, 4.69) is 34.7 Å². The van der Waals surface area contributed by atoms with Gasteiger partial charge in [-0.05, 0) is 30.7 Å². The van der Waals surface area contributed by atoms with Crippen molar-refractivity contribution in [2.75, 3.05) is 19.8 Å². The Labute approximate surface area is 129 Å². The summed E-state index contributed by atoms with van der Waals surface area (Å²) >= 11 is 1.62. The molecule has 0 spiro atoms. The van der Waals surface area contributed by atoms with Gasteiger partial charge in [-0.1, -0.05) is 13.0 Å². The largest absolute Gasteiger partial charge is 0.490 e. The number of rotatable bonds is 5. The van der Waals surface area contributed by atoms with Gasteiger partial charge in [0.25, 0.3) is 0 Å². The van der Waals surface area contributed by atoms with Gasteiger partial charge in [-0.2, -0.15) is 0 Å². The van der Waals surface area contributed by atoms with Gasteiger partial charge in [-0.25, -0.2) is 4.98 Å². The molecule has 0 bridgehead atoms. The van der Waals surface area contributed by atoms with Crippen molar-refractivity contribution < 1.29 is 9.47 Å². The van der Waals surface area contributed by atoms with Crippen LogP contribution in [0.15, 0.2) is 29.1 Å². The zero-order chi connectivity index (χ0) is 14.5. The molecule has 3 rings (SSSR count). The van der Waals surface area contributed by atoms with Crippen molar-refractivity contribution in [2.45, 2.75) is 25.8 Å². The van der Waals surface area contributed by atoms with Crippen LogP contribution in [0, 0.1) is 0 Å². The zero-order valence-corrected chi connectivity index (χ0v) is 13.0. The van der Waals surface area contributed by atoms with Gasteiger partial charge in [0, 0.05) is 11.8 Å². The third-order valence-electron chi connectivity index (χ3n) is 3.45. The van der Waals surface area contributed by atoms with Gasteiger partial charge in [-0.3, -0.25) is 0 Å². The van der Waals surface area contributed by atoms with Crippen LogP contribution in [0.2, 0.25) is 0 Å². The number of aromatic nitrogens is 1. The Kier molecular flexibility index (Phi) is 4.72. The van der Waals surface area contributed by atoms with Gasteiger partial charge in [0.1, 0.15) is 0 Å². The smallest absolute Gasteiger partial charge is 0.161 e. The van der Waals surface area contributed by atoms with E-state index in [4.69, 9.17) is 9.47 Å². The first-order valence-electron chi connectivity index (χ1n) is 7.39. The molecule has 4 nitrogen and oxygen atoms in total. The van der Waals surface area contributed by atoms with E-state index in [0.29, 0.717) is 6.61 Å². The summed E-state index contributed by atoms with van der Waals surface area (Å²) in [6, 6.07) is 6.28. The molecule has 1 aromatic heterocycles. The average Bonchev–Trinajstić information content (AvgIpc) is 2.93. The van der Waals surface area contributed by atoms with Gasteiger partial charge in [-0.15, -0.1) is 11.3 Å². The number of ether oxygens (including phenoxy) is 2. The highest BCUT2D eigenvalue weighted by molar-refractivity contribution is 7.07.